The number of nitrogens with zero attached hydrogens (tertiary/aromatic N) is 1. The average molecular weight is 440 g/mol. The van der Waals surface area contributed by atoms with Gasteiger partial charge in [0.25, 0.3) is 5.91 Å². The fourth-order valence-electron chi connectivity index (χ4n) is 2.56. The van der Waals surface area contributed by atoms with Crippen molar-refractivity contribution >= 4 is 63.0 Å². The maximum absolute atomic E-state index is 12.7. The highest BCUT2D eigenvalue weighted by atomic mass is 127. The van der Waals surface area contributed by atoms with Gasteiger partial charge in [0.05, 0.1) is 11.3 Å². The summed E-state index contributed by atoms with van der Waals surface area (Å²) >= 11 is 8.10. The molecule has 0 saturated heterocycles. The van der Waals surface area contributed by atoms with Crippen molar-refractivity contribution in [1.82, 2.24) is 0 Å². The van der Waals surface area contributed by atoms with Crippen LogP contribution in [0, 0.1) is 3.57 Å². The molecule has 2 aromatic rings. The number of anilines is 1. The van der Waals surface area contributed by atoms with Crippen LogP contribution >= 0.6 is 34.2 Å². The van der Waals surface area contributed by atoms with Gasteiger partial charge in [-0.1, -0.05) is 29.8 Å². The van der Waals surface area contributed by atoms with E-state index in [1.54, 1.807) is 36.4 Å². The molecule has 1 N–H and O–H groups in total. The zero-order chi connectivity index (χ0) is 16.7. The number of carbonyl (C=O) groups excluding carboxylic acids is 2. The van der Waals surface area contributed by atoms with E-state index in [2.05, 4.69) is 22.6 Å². The van der Waals surface area contributed by atoms with Gasteiger partial charge in [-0.3, -0.25) is 9.59 Å². The fraction of sp³-hybridized carbons (Fsp3) is 0.0588. The van der Waals surface area contributed by atoms with E-state index in [4.69, 9.17) is 11.6 Å². The first-order valence-electron chi connectivity index (χ1n) is 6.74. The largest absolute Gasteiger partial charge is 0.506 e. The molecule has 3 rings (SSSR count). The molecule has 0 spiro atoms. The van der Waals surface area contributed by atoms with E-state index in [-0.39, 0.29) is 11.3 Å². The molecule has 6 heteroatoms. The summed E-state index contributed by atoms with van der Waals surface area (Å²) in [6.45, 7) is 1.30. The van der Waals surface area contributed by atoms with Crippen LogP contribution in [0.5, 0.6) is 0 Å². The maximum Gasteiger partial charge on any atom is 0.269 e. The molecule has 2 aromatic carbocycles. The molecule has 0 atom stereocenters. The minimum absolute atomic E-state index is 0.105. The minimum Gasteiger partial charge on any atom is -0.506 e. The van der Waals surface area contributed by atoms with Gasteiger partial charge in [-0.15, -0.1) is 0 Å². The number of imide groups is 1. The summed E-state index contributed by atoms with van der Waals surface area (Å²) in [5.41, 5.74) is 1.51. The van der Waals surface area contributed by atoms with Crippen molar-refractivity contribution in [2.24, 2.45) is 0 Å². The van der Waals surface area contributed by atoms with Gasteiger partial charge in [-0.05, 0) is 46.9 Å². The SMILES string of the molecule is CC(=O)N1C(=O)C(=C(O)c2cccc(I)c2)c2ccc(Cl)cc21. The molecule has 0 saturated carbocycles. The molecule has 2 amide bonds. The van der Waals surface area contributed by atoms with Crippen LogP contribution in [-0.2, 0) is 9.59 Å². The molecular formula is C17H11ClINO3. The molecule has 0 aliphatic carbocycles. The van der Waals surface area contributed by atoms with Gasteiger partial charge >= 0.3 is 0 Å². The van der Waals surface area contributed by atoms with Gasteiger partial charge in [-0.2, -0.15) is 0 Å². The Hall–Kier alpha value is -1.86. The second kappa shape index (κ2) is 5.98. The lowest BCUT2D eigenvalue weighted by Gasteiger charge is -2.12. The highest BCUT2D eigenvalue weighted by Gasteiger charge is 2.37. The van der Waals surface area contributed by atoms with Crippen LogP contribution in [0.2, 0.25) is 5.02 Å². The lowest BCUT2D eigenvalue weighted by atomic mass is 10.0. The Balaban J connectivity index is 2.27. The lowest BCUT2D eigenvalue weighted by molar-refractivity contribution is -0.122. The number of aliphatic hydroxyl groups excluding tert-OH is 1. The third kappa shape index (κ3) is 2.74. The zero-order valence-corrected chi connectivity index (χ0v) is 14.9. The first-order valence-corrected chi connectivity index (χ1v) is 8.20. The van der Waals surface area contributed by atoms with E-state index in [0.717, 1.165) is 8.47 Å². The van der Waals surface area contributed by atoms with Crippen LogP contribution in [0.3, 0.4) is 0 Å². The molecule has 0 aromatic heterocycles. The number of benzene rings is 2. The highest BCUT2D eigenvalue weighted by molar-refractivity contribution is 14.1. The molecule has 23 heavy (non-hydrogen) atoms. The van der Waals surface area contributed by atoms with E-state index in [1.807, 2.05) is 6.07 Å². The summed E-state index contributed by atoms with van der Waals surface area (Å²) in [6, 6.07) is 12.0. The molecule has 1 aliphatic heterocycles. The van der Waals surface area contributed by atoms with Crippen molar-refractivity contribution in [1.29, 1.82) is 0 Å². The number of halogens is 2. The van der Waals surface area contributed by atoms with Crippen LogP contribution in [-0.4, -0.2) is 16.9 Å². The van der Waals surface area contributed by atoms with E-state index >= 15 is 0 Å². The summed E-state index contributed by atoms with van der Waals surface area (Å²) in [6.07, 6.45) is 0. The Bertz CT molecular complexity index is 876. The van der Waals surface area contributed by atoms with E-state index < -0.39 is 11.8 Å². The lowest BCUT2D eigenvalue weighted by Crippen LogP contribution is -2.31. The van der Waals surface area contributed by atoms with Crippen LogP contribution < -0.4 is 4.90 Å². The Kier molecular flexibility index (Phi) is 4.16. The van der Waals surface area contributed by atoms with Crippen LogP contribution in [0.1, 0.15) is 18.1 Å². The Labute approximate surface area is 151 Å². The number of carbonyl (C=O) groups is 2. The molecule has 1 aliphatic rings. The molecule has 0 fully saturated rings. The molecule has 0 bridgehead atoms. The van der Waals surface area contributed by atoms with Crippen molar-refractivity contribution in [3.05, 3.63) is 62.2 Å². The molecule has 4 nitrogen and oxygen atoms in total. The number of hydrogen-bond acceptors (Lipinski definition) is 3. The number of fused-ring (bicyclic) bond motifs is 1. The summed E-state index contributed by atoms with van der Waals surface area (Å²) in [7, 11) is 0. The molecule has 116 valence electrons. The van der Waals surface area contributed by atoms with Gasteiger partial charge in [0.2, 0.25) is 5.91 Å². The van der Waals surface area contributed by atoms with Crippen molar-refractivity contribution in [2.45, 2.75) is 6.92 Å². The predicted molar refractivity (Wildman–Crippen MR) is 98.2 cm³/mol. The highest BCUT2D eigenvalue weighted by Crippen LogP contribution is 2.41. The third-order valence-corrected chi connectivity index (χ3v) is 4.44. The summed E-state index contributed by atoms with van der Waals surface area (Å²) in [5.74, 6) is -1.13. The first kappa shape index (κ1) is 16.0. The quantitative estimate of drug-likeness (QED) is 0.410. The summed E-state index contributed by atoms with van der Waals surface area (Å²) < 4.78 is 0.928. The monoisotopic (exact) mass is 439 g/mol. The Morgan fingerprint density at radius 3 is 2.61 bits per heavy atom. The second-order valence-corrected chi connectivity index (χ2v) is 6.74. The number of aliphatic hydroxyl groups is 1. The Morgan fingerprint density at radius 1 is 1.22 bits per heavy atom. The van der Waals surface area contributed by atoms with E-state index in [1.165, 1.54) is 6.92 Å². The van der Waals surface area contributed by atoms with Crippen LogP contribution in [0.15, 0.2) is 42.5 Å². The van der Waals surface area contributed by atoms with Gasteiger partial charge in [0.1, 0.15) is 5.76 Å². The normalized spacial score (nSPS) is 15.6. The number of amides is 2. The molecular weight excluding hydrogens is 429 g/mol. The number of hydrogen-bond donors (Lipinski definition) is 1. The molecule has 0 unspecified atom stereocenters. The molecule has 0 radical (unpaired) electrons. The van der Waals surface area contributed by atoms with Crippen LogP contribution in [0.4, 0.5) is 5.69 Å². The first-order chi connectivity index (χ1) is 10.9. The van der Waals surface area contributed by atoms with Gasteiger partial charge < -0.3 is 5.11 Å². The standard InChI is InChI=1S/C17H11ClINO3/c1-9(21)20-14-8-11(18)5-6-13(14)15(17(20)23)16(22)10-3-2-4-12(19)7-10/h2-8,22H,1H3. The zero-order valence-electron chi connectivity index (χ0n) is 12.0. The maximum atomic E-state index is 12.7. The Morgan fingerprint density at radius 2 is 1.96 bits per heavy atom. The van der Waals surface area contributed by atoms with Crippen molar-refractivity contribution in [3.8, 4) is 0 Å². The third-order valence-electron chi connectivity index (χ3n) is 3.54. The summed E-state index contributed by atoms with van der Waals surface area (Å²) in [5, 5.41) is 11.0. The molecule has 1 heterocycles. The van der Waals surface area contributed by atoms with Crippen LogP contribution in [0.25, 0.3) is 11.3 Å². The predicted octanol–water partition coefficient (Wildman–Crippen LogP) is 4.26. The minimum atomic E-state index is -0.550. The van der Waals surface area contributed by atoms with Gasteiger partial charge in [-0.25, -0.2) is 4.90 Å². The van der Waals surface area contributed by atoms with Gasteiger partial charge in [0.15, 0.2) is 0 Å². The second-order valence-electron chi connectivity index (χ2n) is 5.06. The fourth-order valence-corrected chi connectivity index (χ4v) is 3.27. The van der Waals surface area contributed by atoms with E-state index in [0.29, 0.717) is 21.8 Å². The number of rotatable bonds is 1. The van der Waals surface area contributed by atoms with E-state index in [9.17, 15) is 14.7 Å². The topological polar surface area (TPSA) is 57.6 Å². The van der Waals surface area contributed by atoms with Crippen molar-refractivity contribution < 1.29 is 14.7 Å². The smallest absolute Gasteiger partial charge is 0.269 e. The average Bonchev–Trinajstić information content (AvgIpc) is 2.77. The summed E-state index contributed by atoms with van der Waals surface area (Å²) in [4.78, 5) is 25.5. The van der Waals surface area contributed by atoms with Crippen molar-refractivity contribution in [2.75, 3.05) is 4.90 Å². The van der Waals surface area contributed by atoms with Crippen molar-refractivity contribution in [3.63, 3.8) is 0 Å². The van der Waals surface area contributed by atoms with Gasteiger partial charge in [0, 0.05) is 26.6 Å².